The minimum atomic E-state index is -0.480. The number of aromatic nitrogens is 6. The van der Waals surface area contributed by atoms with Crippen LogP contribution in [-0.2, 0) is 23.2 Å². The monoisotopic (exact) mass is 515 g/mol. The molecule has 5 rings (SSSR count). The van der Waals surface area contributed by atoms with Crippen molar-refractivity contribution >= 4 is 12.0 Å². The van der Waals surface area contributed by atoms with Gasteiger partial charge in [-0.2, -0.15) is 5.21 Å². The van der Waals surface area contributed by atoms with Crippen molar-refractivity contribution in [2.75, 3.05) is 0 Å². The van der Waals surface area contributed by atoms with E-state index < -0.39 is 5.41 Å². The van der Waals surface area contributed by atoms with Gasteiger partial charge >= 0.3 is 5.69 Å². The standard InChI is InChI=1S/C29H37N7O2/c1-4-5-10-23-18-35(26-24(20(2)3)11-7-12-25(26)37)28(38)36(23)19-29(13-15-30-16-14-29)22-9-6-8-21(17-22)27-31-33-34-32-27/h6,8-9,13,15-18,20,24,26H,4-5,7,10-12,14,19H2,1-3H3,(H,31,32,33,34). The Morgan fingerprint density at radius 3 is 2.82 bits per heavy atom. The van der Waals surface area contributed by atoms with Crippen LogP contribution in [0.2, 0.25) is 0 Å². The summed E-state index contributed by atoms with van der Waals surface area (Å²) in [5.74, 6) is 1.21. The first-order valence-corrected chi connectivity index (χ1v) is 13.8. The van der Waals surface area contributed by atoms with Gasteiger partial charge in [0.2, 0.25) is 5.82 Å². The molecule has 1 saturated carbocycles. The number of hydrogen-bond donors (Lipinski definition) is 1. The van der Waals surface area contributed by atoms with Crippen LogP contribution in [0.1, 0.15) is 76.6 Å². The van der Waals surface area contributed by atoms with Crippen LogP contribution in [0, 0.1) is 11.8 Å². The Hall–Kier alpha value is -3.62. The van der Waals surface area contributed by atoms with Crippen molar-refractivity contribution in [3.63, 3.8) is 0 Å². The average Bonchev–Trinajstić information content (AvgIpc) is 3.57. The van der Waals surface area contributed by atoms with Crippen molar-refractivity contribution in [3.05, 3.63) is 64.5 Å². The summed E-state index contributed by atoms with van der Waals surface area (Å²) in [5.41, 5.74) is 2.33. The summed E-state index contributed by atoms with van der Waals surface area (Å²) < 4.78 is 3.68. The number of aliphatic imine (C=N–C) groups is 1. The number of aryl methyl sites for hydroxylation is 1. The molecule has 1 aromatic carbocycles. The fourth-order valence-electron chi connectivity index (χ4n) is 6.08. The van der Waals surface area contributed by atoms with Crippen LogP contribution in [0.25, 0.3) is 11.4 Å². The third kappa shape index (κ3) is 4.93. The molecular formula is C29H37N7O2. The SMILES string of the molecule is CCCCc1cn(C2C(=O)CCCC2C(C)C)c(=O)n1CC1(c2cccc(-c3nn[nH]n3)c2)C=CN=CC1. The number of carbonyl (C=O) groups excluding carboxylic acids is 1. The van der Waals surface area contributed by atoms with Gasteiger partial charge in [0.15, 0.2) is 5.78 Å². The number of hydrogen-bond acceptors (Lipinski definition) is 6. The molecule has 3 heterocycles. The number of ketones is 1. The van der Waals surface area contributed by atoms with E-state index in [9.17, 15) is 9.59 Å². The lowest BCUT2D eigenvalue weighted by Gasteiger charge is -2.34. The first-order valence-electron chi connectivity index (χ1n) is 13.8. The van der Waals surface area contributed by atoms with Crippen LogP contribution >= 0.6 is 0 Å². The number of allylic oxidation sites excluding steroid dienone is 1. The fraction of sp³-hybridized carbons (Fsp3) is 0.517. The van der Waals surface area contributed by atoms with Gasteiger partial charge in [-0.25, -0.2) is 4.79 Å². The lowest BCUT2D eigenvalue weighted by molar-refractivity contribution is -0.126. The fourth-order valence-corrected chi connectivity index (χ4v) is 6.08. The maximum Gasteiger partial charge on any atom is 0.329 e. The van der Waals surface area contributed by atoms with Crippen molar-refractivity contribution in [2.24, 2.45) is 16.8 Å². The molecule has 2 aromatic heterocycles. The van der Waals surface area contributed by atoms with Crippen LogP contribution in [0.4, 0.5) is 0 Å². The van der Waals surface area contributed by atoms with E-state index in [-0.39, 0.29) is 23.4 Å². The molecule has 3 unspecified atom stereocenters. The van der Waals surface area contributed by atoms with E-state index in [1.807, 2.05) is 35.3 Å². The summed E-state index contributed by atoms with van der Waals surface area (Å²) in [6.07, 6.45) is 13.7. The number of nitrogens with one attached hydrogen (secondary N) is 1. The predicted octanol–water partition coefficient (Wildman–Crippen LogP) is 4.67. The van der Waals surface area contributed by atoms with Gasteiger partial charge in [-0.3, -0.25) is 18.9 Å². The largest absolute Gasteiger partial charge is 0.329 e. The molecule has 3 atom stereocenters. The van der Waals surface area contributed by atoms with E-state index >= 15 is 0 Å². The highest BCUT2D eigenvalue weighted by atomic mass is 16.2. The van der Waals surface area contributed by atoms with Gasteiger partial charge in [-0.1, -0.05) is 51.5 Å². The number of aromatic amines is 1. The van der Waals surface area contributed by atoms with Crippen LogP contribution in [0.5, 0.6) is 0 Å². The topological polar surface area (TPSA) is 111 Å². The molecule has 3 aromatic rings. The van der Waals surface area contributed by atoms with Crippen LogP contribution in [0.15, 0.2) is 52.5 Å². The molecule has 1 aliphatic heterocycles. The molecule has 1 fully saturated rings. The summed E-state index contributed by atoms with van der Waals surface area (Å²) in [6, 6.07) is 7.71. The molecule has 0 spiro atoms. The van der Waals surface area contributed by atoms with Crippen molar-refractivity contribution in [1.82, 2.24) is 29.8 Å². The Balaban J connectivity index is 1.59. The van der Waals surface area contributed by atoms with Gasteiger partial charge < -0.3 is 0 Å². The Labute approximate surface area is 223 Å². The Kier molecular flexibility index (Phi) is 7.53. The van der Waals surface area contributed by atoms with Gasteiger partial charge in [0, 0.05) is 48.2 Å². The molecule has 1 aliphatic carbocycles. The van der Waals surface area contributed by atoms with E-state index in [2.05, 4.69) is 64.6 Å². The van der Waals surface area contributed by atoms with Gasteiger partial charge in [-0.15, -0.1) is 10.2 Å². The zero-order valence-corrected chi connectivity index (χ0v) is 22.5. The van der Waals surface area contributed by atoms with Crippen LogP contribution in [0.3, 0.4) is 0 Å². The second-order valence-electron chi connectivity index (χ2n) is 11.0. The quantitative estimate of drug-likeness (QED) is 0.445. The Morgan fingerprint density at radius 2 is 2.11 bits per heavy atom. The third-order valence-electron chi connectivity index (χ3n) is 8.25. The van der Waals surface area contributed by atoms with Gasteiger partial charge in [-0.05, 0) is 60.8 Å². The zero-order chi connectivity index (χ0) is 26.7. The van der Waals surface area contributed by atoms with Crippen molar-refractivity contribution in [2.45, 2.75) is 83.7 Å². The van der Waals surface area contributed by atoms with E-state index in [1.165, 1.54) is 0 Å². The molecule has 9 heteroatoms. The molecule has 2 aliphatic rings. The third-order valence-corrected chi connectivity index (χ3v) is 8.25. The van der Waals surface area contributed by atoms with Crippen molar-refractivity contribution in [3.8, 4) is 11.4 Å². The lowest BCUT2D eigenvalue weighted by atomic mass is 9.76. The second kappa shape index (κ2) is 11.0. The van der Waals surface area contributed by atoms with Crippen molar-refractivity contribution < 1.29 is 4.79 Å². The second-order valence-corrected chi connectivity index (χ2v) is 11.0. The molecule has 200 valence electrons. The summed E-state index contributed by atoms with van der Waals surface area (Å²) >= 11 is 0. The maximum atomic E-state index is 14.2. The average molecular weight is 516 g/mol. The normalized spacial score (nSPS) is 23.4. The number of unbranched alkanes of at least 4 members (excludes halogenated alkanes) is 1. The molecule has 9 nitrogen and oxygen atoms in total. The number of carbonyl (C=O) groups is 1. The molecule has 0 bridgehead atoms. The van der Waals surface area contributed by atoms with Gasteiger partial charge in [0.05, 0.1) is 6.04 Å². The molecular weight excluding hydrogens is 478 g/mol. The molecule has 1 N–H and O–H groups in total. The number of imidazole rings is 1. The number of tetrazole rings is 1. The lowest BCUT2D eigenvalue weighted by Crippen LogP contribution is -2.41. The van der Waals surface area contributed by atoms with E-state index in [4.69, 9.17) is 0 Å². The first-order chi connectivity index (χ1) is 18.4. The van der Waals surface area contributed by atoms with Gasteiger partial charge in [0.1, 0.15) is 0 Å². The summed E-state index contributed by atoms with van der Waals surface area (Å²) in [7, 11) is 0. The number of Topliss-reactive ketones (excluding diaryl/α,β-unsaturated/α-hetero) is 1. The summed E-state index contributed by atoms with van der Waals surface area (Å²) in [6.45, 7) is 6.94. The highest BCUT2D eigenvalue weighted by Crippen LogP contribution is 2.38. The number of H-pyrrole nitrogens is 1. The van der Waals surface area contributed by atoms with E-state index in [0.29, 0.717) is 31.1 Å². The first kappa shape index (κ1) is 26.0. The zero-order valence-electron chi connectivity index (χ0n) is 22.5. The highest BCUT2D eigenvalue weighted by molar-refractivity contribution is 5.83. The predicted molar refractivity (Wildman–Crippen MR) is 147 cm³/mol. The Morgan fingerprint density at radius 1 is 1.24 bits per heavy atom. The molecule has 0 saturated heterocycles. The number of benzene rings is 1. The molecule has 0 radical (unpaired) electrons. The van der Waals surface area contributed by atoms with Crippen molar-refractivity contribution in [1.29, 1.82) is 0 Å². The highest BCUT2D eigenvalue weighted by Gasteiger charge is 2.38. The summed E-state index contributed by atoms with van der Waals surface area (Å²) in [5, 5.41) is 14.5. The molecule has 38 heavy (non-hydrogen) atoms. The number of rotatable bonds is 9. The van der Waals surface area contributed by atoms with E-state index in [0.717, 1.165) is 48.9 Å². The smallest absolute Gasteiger partial charge is 0.297 e. The number of nitrogens with zero attached hydrogens (tertiary/aromatic N) is 6. The molecule has 0 amide bonds. The maximum absolute atomic E-state index is 14.2. The van der Waals surface area contributed by atoms with E-state index in [1.54, 1.807) is 4.57 Å². The minimum Gasteiger partial charge on any atom is -0.297 e. The minimum absolute atomic E-state index is 0.0911. The van der Waals surface area contributed by atoms with Crippen LogP contribution < -0.4 is 5.69 Å². The van der Waals surface area contributed by atoms with Gasteiger partial charge in [0.25, 0.3) is 0 Å². The van der Waals surface area contributed by atoms with Crippen LogP contribution in [-0.4, -0.2) is 41.8 Å². The summed E-state index contributed by atoms with van der Waals surface area (Å²) in [4.78, 5) is 31.7. The Bertz CT molecular complexity index is 1380.